The minimum Gasteiger partial charge on any atom is -0.409 e. The molecule has 1 unspecified atom stereocenters. The average molecular weight is 520 g/mol. The van der Waals surface area contributed by atoms with E-state index in [1.807, 2.05) is 0 Å². The molecule has 5 heterocycles. The van der Waals surface area contributed by atoms with Gasteiger partial charge in [0.2, 0.25) is 5.95 Å². The van der Waals surface area contributed by atoms with E-state index in [0.29, 0.717) is 31.0 Å². The van der Waals surface area contributed by atoms with Crippen LogP contribution in [0.3, 0.4) is 0 Å². The largest absolute Gasteiger partial charge is 0.420 e. The number of amidine groups is 1. The predicted octanol–water partition coefficient (Wildman–Crippen LogP) is 3.25. The van der Waals surface area contributed by atoms with Crippen molar-refractivity contribution < 1.29 is 23.1 Å². The van der Waals surface area contributed by atoms with Gasteiger partial charge in [-0.15, -0.1) is 0 Å². The van der Waals surface area contributed by atoms with Crippen molar-refractivity contribution in [1.82, 2.24) is 30.0 Å². The Balaban J connectivity index is 1.64. The third kappa shape index (κ3) is 5.16. The van der Waals surface area contributed by atoms with Crippen molar-refractivity contribution >= 4 is 22.8 Å². The Morgan fingerprint density at radius 3 is 2.73 bits per heavy atom. The molecule has 198 valence electrons. The van der Waals surface area contributed by atoms with E-state index < -0.39 is 18.0 Å². The summed E-state index contributed by atoms with van der Waals surface area (Å²) in [4.78, 5) is 12.7. The topological polar surface area (TPSA) is 148 Å². The maximum absolute atomic E-state index is 14.1. The number of rotatable bonds is 5. The Hall–Kier alpha value is -3.52. The second kappa shape index (κ2) is 10.1. The molecule has 0 bridgehead atoms. The monoisotopic (exact) mass is 519 g/mol. The first-order chi connectivity index (χ1) is 17.7. The van der Waals surface area contributed by atoms with E-state index in [1.165, 1.54) is 10.7 Å². The second-order valence-corrected chi connectivity index (χ2v) is 9.35. The van der Waals surface area contributed by atoms with Crippen molar-refractivity contribution in [2.75, 3.05) is 18.5 Å². The van der Waals surface area contributed by atoms with E-state index in [-0.39, 0.29) is 40.6 Å². The van der Waals surface area contributed by atoms with Crippen molar-refractivity contribution in [1.29, 1.82) is 0 Å². The third-order valence-corrected chi connectivity index (χ3v) is 6.67. The molecule has 14 heteroatoms. The van der Waals surface area contributed by atoms with Crippen molar-refractivity contribution in [3.63, 3.8) is 0 Å². The van der Waals surface area contributed by atoms with Crippen LogP contribution in [0.1, 0.15) is 56.5 Å². The molecule has 5 N–H and O–H groups in total. The highest BCUT2D eigenvalue weighted by Crippen LogP contribution is 2.39. The molecular weight excluding hydrogens is 491 g/mol. The maximum atomic E-state index is 14.1. The van der Waals surface area contributed by atoms with Gasteiger partial charge in [0.05, 0.1) is 0 Å². The van der Waals surface area contributed by atoms with E-state index in [4.69, 9.17) is 15.7 Å². The van der Waals surface area contributed by atoms with Gasteiger partial charge in [0.15, 0.2) is 17.7 Å². The lowest BCUT2D eigenvalue weighted by Gasteiger charge is -2.28. The summed E-state index contributed by atoms with van der Waals surface area (Å²) >= 11 is 0. The normalized spacial score (nSPS) is 23.4. The number of hydrogen-bond donors (Lipinski definition) is 4. The molecule has 37 heavy (non-hydrogen) atoms. The fraction of sp³-hybridized carbons (Fsp3) is 0.522. The van der Waals surface area contributed by atoms with Crippen LogP contribution in [0.4, 0.5) is 19.1 Å². The van der Waals surface area contributed by atoms with Crippen molar-refractivity contribution in [2.45, 2.75) is 63.5 Å². The number of ether oxygens (including phenoxy) is 1. The number of aromatic nitrogens is 5. The zero-order valence-electron chi connectivity index (χ0n) is 20.2. The molecule has 3 aromatic rings. The number of fused-ring (bicyclic) bond motifs is 1. The Bertz CT molecular complexity index is 1300. The molecule has 2 saturated heterocycles. The first-order valence-corrected chi connectivity index (χ1v) is 12.2. The van der Waals surface area contributed by atoms with Crippen molar-refractivity contribution in [3.8, 4) is 11.4 Å². The lowest BCUT2D eigenvalue weighted by Crippen LogP contribution is -2.43. The fourth-order valence-electron chi connectivity index (χ4n) is 4.65. The molecule has 3 aromatic heterocycles. The fourth-order valence-corrected chi connectivity index (χ4v) is 4.65. The third-order valence-electron chi connectivity index (χ3n) is 6.67. The van der Waals surface area contributed by atoms with E-state index >= 15 is 0 Å². The Morgan fingerprint density at radius 1 is 1.22 bits per heavy atom. The van der Waals surface area contributed by atoms with Gasteiger partial charge in [0, 0.05) is 36.8 Å². The standard InChI is InChI=1S/C23H28F3N9O2/c1-12-5-6-13(10-28-12)30-22-29-11-15(23(24,25)26)19(32-22)18-14-7-8-16(20(27)34-36)31-21(14)35(33-18)17-4-2-3-9-37-17/h7-8,11-13,17,28,36H,2-6,9-10H2,1H3,(H2,27,34)(H,29,30,32)/t12-,13-,17?/m0/s1. The van der Waals surface area contributed by atoms with Crippen LogP contribution in [-0.4, -0.2) is 61.0 Å². The molecular formula is C23H28F3N9O2. The van der Waals surface area contributed by atoms with Crippen LogP contribution < -0.4 is 16.4 Å². The highest BCUT2D eigenvalue weighted by molar-refractivity contribution is 5.99. The zero-order chi connectivity index (χ0) is 26.2. The van der Waals surface area contributed by atoms with Gasteiger partial charge in [-0.25, -0.2) is 19.6 Å². The minimum atomic E-state index is -4.71. The lowest BCUT2D eigenvalue weighted by atomic mass is 10.0. The van der Waals surface area contributed by atoms with E-state index in [1.54, 1.807) is 6.07 Å². The van der Waals surface area contributed by atoms with Gasteiger partial charge in [0.1, 0.15) is 22.6 Å². The molecule has 11 nitrogen and oxygen atoms in total. The van der Waals surface area contributed by atoms with Gasteiger partial charge in [-0.05, 0) is 51.2 Å². The van der Waals surface area contributed by atoms with Gasteiger partial charge < -0.3 is 26.3 Å². The number of alkyl halides is 3. The molecule has 0 saturated carbocycles. The Kier molecular flexibility index (Phi) is 6.86. The number of nitrogens with two attached hydrogens (primary N) is 1. The highest BCUT2D eigenvalue weighted by atomic mass is 19.4. The molecule has 5 rings (SSSR count). The number of pyridine rings is 1. The van der Waals surface area contributed by atoms with Crippen LogP contribution in [0.2, 0.25) is 0 Å². The minimum absolute atomic E-state index is 0.00380. The highest BCUT2D eigenvalue weighted by Gasteiger charge is 2.37. The Labute approximate surface area is 210 Å². The molecule has 3 atom stereocenters. The summed E-state index contributed by atoms with van der Waals surface area (Å²) in [6.45, 7) is 3.22. The summed E-state index contributed by atoms with van der Waals surface area (Å²) in [7, 11) is 0. The van der Waals surface area contributed by atoms with Gasteiger partial charge in [0.25, 0.3) is 0 Å². The predicted molar refractivity (Wildman–Crippen MR) is 129 cm³/mol. The van der Waals surface area contributed by atoms with Crippen LogP contribution >= 0.6 is 0 Å². The number of anilines is 1. The number of hydrogen-bond acceptors (Lipinski definition) is 9. The van der Waals surface area contributed by atoms with Crippen LogP contribution in [0.25, 0.3) is 22.4 Å². The molecule has 2 aliphatic heterocycles. The van der Waals surface area contributed by atoms with Crippen molar-refractivity contribution in [3.05, 3.63) is 29.6 Å². The smallest absolute Gasteiger partial charge is 0.409 e. The molecule has 2 fully saturated rings. The zero-order valence-corrected chi connectivity index (χ0v) is 20.2. The average Bonchev–Trinajstić information content (AvgIpc) is 3.28. The molecule has 2 aliphatic rings. The molecule has 0 spiro atoms. The van der Waals surface area contributed by atoms with Crippen LogP contribution in [0.5, 0.6) is 0 Å². The number of piperidine rings is 1. The van der Waals surface area contributed by atoms with Crippen LogP contribution in [0, 0.1) is 0 Å². The van der Waals surface area contributed by atoms with E-state index in [0.717, 1.165) is 31.9 Å². The molecule has 0 radical (unpaired) electrons. The van der Waals surface area contributed by atoms with Gasteiger partial charge >= 0.3 is 6.18 Å². The maximum Gasteiger partial charge on any atom is 0.420 e. The molecule has 0 aliphatic carbocycles. The molecule has 0 amide bonds. The Morgan fingerprint density at radius 2 is 2.05 bits per heavy atom. The van der Waals surface area contributed by atoms with Crippen LogP contribution in [0.15, 0.2) is 23.5 Å². The summed E-state index contributed by atoms with van der Waals surface area (Å²) in [5.41, 5.74) is 4.75. The van der Waals surface area contributed by atoms with Crippen molar-refractivity contribution in [2.24, 2.45) is 10.9 Å². The number of oxime groups is 1. The summed E-state index contributed by atoms with van der Waals surface area (Å²) in [5, 5.41) is 23.4. The summed E-state index contributed by atoms with van der Waals surface area (Å²) in [5.74, 6) is -0.150. The second-order valence-electron chi connectivity index (χ2n) is 9.35. The SMILES string of the molecule is C[C@H]1CC[C@H](Nc2ncc(C(F)(F)F)c(-c3nn(C4CCCCO4)c4nc(/C(N)=N/O)ccc34)n2)CN1. The van der Waals surface area contributed by atoms with E-state index in [9.17, 15) is 13.2 Å². The van der Waals surface area contributed by atoms with E-state index in [2.05, 4.69) is 42.8 Å². The summed E-state index contributed by atoms with van der Waals surface area (Å²) < 4.78 is 49.6. The van der Waals surface area contributed by atoms with Gasteiger partial charge in [-0.1, -0.05) is 5.16 Å². The number of nitrogens with one attached hydrogen (secondary N) is 2. The van der Waals surface area contributed by atoms with Gasteiger partial charge in [-0.2, -0.15) is 18.3 Å². The number of nitrogens with zero attached hydrogens (tertiary/aromatic N) is 6. The molecule has 0 aromatic carbocycles. The summed E-state index contributed by atoms with van der Waals surface area (Å²) in [6, 6.07) is 3.36. The summed E-state index contributed by atoms with van der Waals surface area (Å²) in [6.07, 6.45) is -0.339. The first-order valence-electron chi connectivity index (χ1n) is 12.2. The van der Waals surface area contributed by atoms with Crippen LogP contribution in [-0.2, 0) is 10.9 Å². The van der Waals surface area contributed by atoms with Gasteiger partial charge in [-0.3, -0.25) is 0 Å². The quantitative estimate of drug-likeness (QED) is 0.172. The number of halogens is 3. The lowest BCUT2D eigenvalue weighted by molar-refractivity contribution is -0.137. The first kappa shape index (κ1) is 25.1.